The molecule has 0 bridgehead atoms. The van der Waals surface area contributed by atoms with Crippen molar-refractivity contribution in [1.82, 2.24) is 9.55 Å². The summed E-state index contributed by atoms with van der Waals surface area (Å²) in [6, 6.07) is 5.61. The van der Waals surface area contributed by atoms with E-state index in [1.54, 1.807) is 7.11 Å². The van der Waals surface area contributed by atoms with Crippen LogP contribution in [0.15, 0.2) is 18.2 Å². The summed E-state index contributed by atoms with van der Waals surface area (Å²) >= 11 is 0. The van der Waals surface area contributed by atoms with Gasteiger partial charge in [0.25, 0.3) is 0 Å². The number of fused-ring (bicyclic) bond motifs is 1. The number of hydrogen-bond donors (Lipinski definition) is 0. The number of nitrogens with zero attached hydrogens (tertiary/aromatic N) is 2. The number of aryl methyl sites for hydroxylation is 1. The predicted octanol–water partition coefficient (Wildman–Crippen LogP) is 1.88. The number of aromatic nitrogens is 2. The number of rotatable bonds is 3. The van der Waals surface area contributed by atoms with E-state index in [1.165, 1.54) is 0 Å². The normalized spacial score (nSPS) is 10.5. The maximum atomic E-state index is 10.8. The Morgan fingerprint density at radius 3 is 2.93 bits per heavy atom. The fourth-order valence-electron chi connectivity index (χ4n) is 1.68. The molecule has 0 N–H and O–H groups in total. The maximum absolute atomic E-state index is 10.8. The fourth-order valence-corrected chi connectivity index (χ4v) is 1.68. The Balaban J connectivity index is 2.70. The third kappa shape index (κ3) is 1.48. The molecule has 0 amide bonds. The van der Waals surface area contributed by atoms with E-state index in [9.17, 15) is 4.79 Å². The third-order valence-electron chi connectivity index (χ3n) is 2.41. The predicted molar refractivity (Wildman–Crippen MR) is 57.3 cm³/mol. The average Bonchev–Trinajstić information content (AvgIpc) is 2.65. The lowest BCUT2D eigenvalue weighted by Crippen LogP contribution is -1.99. The zero-order chi connectivity index (χ0) is 10.8. The molecule has 4 heteroatoms. The number of ether oxygens (including phenoxy) is 1. The molecule has 0 aliphatic carbocycles. The molecule has 0 saturated heterocycles. The van der Waals surface area contributed by atoms with Crippen LogP contribution in [0.4, 0.5) is 0 Å². The number of benzene rings is 1. The minimum absolute atomic E-state index is 0.459. The lowest BCUT2D eigenvalue weighted by atomic mass is 10.3. The Kier molecular flexibility index (Phi) is 2.41. The second kappa shape index (κ2) is 3.73. The van der Waals surface area contributed by atoms with Gasteiger partial charge in [-0.2, -0.15) is 0 Å². The highest BCUT2D eigenvalue weighted by molar-refractivity contribution is 5.84. The molecule has 0 atom stereocenters. The first-order valence-corrected chi connectivity index (χ1v) is 4.79. The Morgan fingerprint density at radius 1 is 1.53 bits per heavy atom. The second-order valence-electron chi connectivity index (χ2n) is 3.19. The van der Waals surface area contributed by atoms with Crippen LogP contribution < -0.4 is 4.74 Å². The van der Waals surface area contributed by atoms with Crippen LogP contribution in [0.3, 0.4) is 0 Å². The molecule has 4 nitrogen and oxygen atoms in total. The van der Waals surface area contributed by atoms with E-state index in [-0.39, 0.29) is 0 Å². The summed E-state index contributed by atoms with van der Waals surface area (Å²) in [7, 11) is 1.61. The minimum Gasteiger partial charge on any atom is -0.497 e. The van der Waals surface area contributed by atoms with Gasteiger partial charge in [0, 0.05) is 12.6 Å². The lowest BCUT2D eigenvalue weighted by molar-refractivity contribution is 0.111. The van der Waals surface area contributed by atoms with Crippen molar-refractivity contribution in [1.29, 1.82) is 0 Å². The molecule has 1 heterocycles. The van der Waals surface area contributed by atoms with E-state index >= 15 is 0 Å². The monoisotopic (exact) mass is 204 g/mol. The Morgan fingerprint density at radius 2 is 2.33 bits per heavy atom. The van der Waals surface area contributed by atoms with Gasteiger partial charge in [-0.1, -0.05) is 0 Å². The van der Waals surface area contributed by atoms with E-state index in [4.69, 9.17) is 4.74 Å². The van der Waals surface area contributed by atoms with Crippen molar-refractivity contribution in [2.75, 3.05) is 7.11 Å². The highest BCUT2D eigenvalue weighted by Crippen LogP contribution is 2.21. The summed E-state index contributed by atoms with van der Waals surface area (Å²) in [6.45, 7) is 2.72. The van der Waals surface area contributed by atoms with Crippen LogP contribution in [0.2, 0.25) is 0 Å². The molecular weight excluding hydrogens is 192 g/mol. The summed E-state index contributed by atoms with van der Waals surface area (Å²) in [4.78, 5) is 15.0. The van der Waals surface area contributed by atoms with Gasteiger partial charge in [0.15, 0.2) is 12.1 Å². The topological polar surface area (TPSA) is 44.1 Å². The summed E-state index contributed by atoms with van der Waals surface area (Å²) in [5.41, 5.74) is 1.75. The molecule has 15 heavy (non-hydrogen) atoms. The molecular formula is C11H12N2O2. The molecule has 1 aromatic heterocycles. The van der Waals surface area contributed by atoms with Crippen molar-refractivity contribution in [3.05, 3.63) is 24.0 Å². The van der Waals surface area contributed by atoms with Crippen LogP contribution in [0.25, 0.3) is 11.0 Å². The molecule has 78 valence electrons. The number of imidazole rings is 1. The van der Waals surface area contributed by atoms with Crippen LogP contribution in [-0.2, 0) is 6.54 Å². The molecule has 0 fully saturated rings. The number of aldehydes is 1. The van der Waals surface area contributed by atoms with Gasteiger partial charge in [0.05, 0.1) is 18.1 Å². The van der Waals surface area contributed by atoms with Gasteiger partial charge in [-0.3, -0.25) is 4.79 Å². The zero-order valence-electron chi connectivity index (χ0n) is 8.73. The molecule has 2 aromatic rings. The van der Waals surface area contributed by atoms with Crippen molar-refractivity contribution >= 4 is 17.3 Å². The molecule has 0 spiro atoms. The Labute approximate surface area is 87.5 Å². The Bertz CT molecular complexity index is 503. The summed E-state index contributed by atoms with van der Waals surface area (Å²) in [5, 5.41) is 0. The quantitative estimate of drug-likeness (QED) is 0.717. The van der Waals surface area contributed by atoms with Crippen LogP contribution >= 0.6 is 0 Å². The third-order valence-corrected chi connectivity index (χ3v) is 2.41. The number of hydrogen-bond acceptors (Lipinski definition) is 3. The molecule has 1 aromatic carbocycles. The first-order chi connectivity index (χ1) is 7.30. The second-order valence-corrected chi connectivity index (χ2v) is 3.19. The first-order valence-electron chi connectivity index (χ1n) is 4.79. The highest BCUT2D eigenvalue weighted by Gasteiger charge is 2.08. The van der Waals surface area contributed by atoms with Gasteiger partial charge in [0.2, 0.25) is 0 Å². The lowest BCUT2D eigenvalue weighted by Gasteiger charge is -2.01. The molecule has 0 saturated carbocycles. The SMILES string of the molecule is CCn1c(C=O)nc2cc(OC)ccc21. The van der Waals surface area contributed by atoms with Crippen molar-refractivity contribution in [3.8, 4) is 5.75 Å². The van der Waals surface area contributed by atoms with Gasteiger partial charge < -0.3 is 9.30 Å². The van der Waals surface area contributed by atoms with E-state index in [2.05, 4.69) is 4.98 Å². The molecule has 0 radical (unpaired) electrons. The van der Waals surface area contributed by atoms with Crippen LogP contribution in [0.5, 0.6) is 5.75 Å². The molecule has 0 aliphatic heterocycles. The van der Waals surface area contributed by atoms with E-state index in [0.29, 0.717) is 5.82 Å². The highest BCUT2D eigenvalue weighted by atomic mass is 16.5. The number of carbonyl (C=O) groups excluding carboxylic acids is 1. The summed E-state index contributed by atoms with van der Waals surface area (Å²) < 4.78 is 6.98. The fraction of sp³-hybridized carbons (Fsp3) is 0.273. The van der Waals surface area contributed by atoms with Crippen molar-refractivity contribution in [2.24, 2.45) is 0 Å². The van der Waals surface area contributed by atoms with Gasteiger partial charge in [-0.25, -0.2) is 4.98 Å². The van der Waals surface area contributed by atoms with Crippen LogP contribution in [0.1, 0.15) is 17.5 Å². The Hall–Kier alpha value is -1.84. The summed E-state index contributed by atoms with van der Waals surface area (Å²) in [6.07, 6.45) is 0.774. The van der Waals surface area contributed by atoms with Gasteiger partial charge in [-0.15, -0.1) is 0 Å². The summed E-state index contributed by atoms with van der Waals surface area (Å²) in [5.74, 6) is 1.21. The smallest absolute Gasteiger partial charge is 0.185 e. The zero-order valence-corrected chi connectivity index (χ0v) is 8.73. The van der Waals surface area contributed by atoms with E-state index in [0.717, 1.165) is 29.6 Å². The van der Waals surface area contributed by atoms with Crippen LogP contribution in [0, 0.1) is 0 Å². The van der Waals surface area contributed by atoms with E-state index < -0.39 is 0 Å². The molecule has 0 aliphatic rings. The largest absolute Gasteiger partial charge is 0.497 e. The minimum atomic E-state index is 0.459. The van der Waals surface area contributed by atoms with Gasteiger partial charge in [0.1, 0.15) is 5.75 Å². The van der Waals surface area contributed by atoms with E-state index in [1.807, 2.05) is 29.7 Å². The van der Waals surface area contributed by atoms with Crippen molar-refractivity contribution in [3.63, 3.8) is 0 Å². The average molecular weight is 204 g/mol. The number of carbonyl (C=O) groups is 1. The van der Waals surface area contributed by atoms with Crippen molar-refractivity contribution < 1.29 is 9.53 Å². The molecule has 0 unspecified atom stereocenters. The van der Waals surface area contributed by atoms with Gasteiger partial charge >= 0.3 is 0 Å². The van der Waals surface area contributed by atoms with Crippen LogP contribution in [-0.4, -0.2) is 22.9 Å². The molecule has 2 rings (SSSR count). The standard InChI is InChI=1S/C11H12N2O2/c1-3-13-10-5-4-8(15-2)6-9(10)12-11(13)7-14/h4-7H,3H2,1-2H3. The van der Waals surface area contributed by atoms with Gasteiger partial charge in [-0.05, 0) is 19.1 Å². The van der Waals surface area contributed by atoms with Crippen molar-refractivity contribution in [2.45, 2.75) is 13.5 Å². The maximum Gasteiger partial charge on any atom is 0.185 e. The number of methoxy groups -OCH3 is 1. The first kappa shape index (κ1) is 9.71.